The van der Waals surface area contributed by atoms with E-state index in [0.717, 1.165) is 11.3 Å². The molecule has 19 heavy (non-hydrogen) atoms. The van der Waals surface area contributed by atoms with Crippen molar-refractivity contribution in [2.24, 2.45) is 0 Å². The van der Waals surface area contributed by atoms with Gasteiger partial charge < -0.3 is 14.8 Å². The molecule has 0 saturated heterocycles. The quantitative estimate of drug-likeness (QED) is 0.838. The van der Waals surface area contributed by atoms with Crippen molar-refractivity contribution in [3.05, 3.63) is 60.1 Å². The summed E-state index contributed by atoms with van der Waals surface area (Å²) < 4.78 is 5.35. The SMILES string of the molecule is C[C@H](N[C@@H](C)[C@@H](O)Cc1ccccc1)c1ccco1. The van der Waals surface area contributed by atoms with E-state index in [0.29, 0.717) is 6.42 Å². The standard InChI is InChI=1S/C16H21NO2/c1-12(17-13(2)16-9-6-10-19-16)15(18)11-14-7-4-3-5-8-14/h3-10,12-13,15,17-18H,11H2,1-2H3/t12-,13-,15-/m0/s1. The van der Waals surface area contributed by atoms with Crippen molar-refractivity contribution in [2.45, 2.75) is 38.5 Å². The summed E-state index contributed by atoms with van der Waals surface area (Å²) in [7, 11) is 0. The second kappa shape index (κ2) is 6.55. The van der Waals surface area contributed by atoms with E-state index in [9.17, 15) is 5.11 Å². The molecule has 102 valence electrons. The van der Waals surface area contributed by atoms with Crippen LogP contribution in [0.3, 0.4) is 0 Å². The normalized spacial score (nSPS) is 15.9. The molecule has 2 rings (SSSR count). The minimum absolute atomic E-state index is 0.000283. The van der Waals surface area contributed by atoms with Gasteiger partial charge in [0.15, 0.2) is 0 Å². The molecule has 0 aliphatic heterocycles. The van der Waals surface area contributed by atoms with Crippen LogP contribution in [0, 0.1) is 0 Å². The molecule has 0 radical (unpaired) electrons. The highest BCUT2D eigenvalue weighted by Gasteiger charge is 2.18. The van der Waals surface area contributed by atoms with Gasteiger partial charge in [-0.2, -0.15) is 0 Å². The smallest absolute Gasteiger partial charge is 0.120 e. The maximum atomic E-state index is 10.2. The van der Waals surface area contributed by atoms with Crippen molar-refractivity contribution in [2.75, 3.05) is 0 Å². The lowest BCUT2D eigenvalue weighted by molar-refractivity contribution is 0.127. The van der Waals surface area contributed by atoms with Crippen LogP contribution in [0.4, 0.5) is 0 Å². The van der Waals surface area contributed by atoms with E-state index in [4.69, 9.17) is 4.42 Å². The third-order valence-electron chi connectivity index (χ3n) is 3.35. The molecular formula is C16H21NO2. The first-order valence-electron chi connectivity index (χ1n) is 6.68. The molecule has 1 aromatic carbocycles. The minimum atomic E-state index is -0.417. The lowest BCUT2D eigenvalue weighted by atomic mass is 10.0. The second-order valence-electron chi connectivity index (χ2n) is 4.95. The average Bonchev–Trinajstić information content (AvgIpc) is 2.93. The van der Waals surface area contributed by atoms with Gasteiger partial charge in [0.1, 0.15) is 5.76 Å². The highest BCUT2D eigenvalue weighted by atomic mass is 16.3. The van der Waals surface area contributed by atoms with Crippen molar-refractivity contribution in [3.8, 4) is 0 Å². The third-order valence-corrected chi connectivity index (χ3v) is 3.35. The van der Waals surface area contributed by atoms with Crippen LogP contribution in [0.15, 0.2) is 53.1 Å². The Morgan fingerprint density at radius 1 is 1.11 bits per heavy atom. The molecular weight excluding hydrogens is 238 g/mol. The maximum Gasteiger partial charge on any atom is 0.120 e. The molecule has 1 aromatic heterocycles. The Morgan fingerprint density at radius 3 is 2.47 bits per heavy atom. The number of nitrogens with one attached hydrogen (secondary N) is 1. The summed E-state index contributed by atoms with van der Waals surface area (Å²) in [5, 5.41) is 13.6. The minimum Gasteiger partial charge on any atom is -0.468 e. The van der Waals surface area contributed by atoms with Crippen molar-refractivity contribution >= 4 is 0 Å². The molecule has 0 saturated carbocycles. The predicted octanol–water partition coefficient (Wildman–Crippen LogP) is 2.92. The van der Waals surface area contributed by atoms with Gasteiger partial charge in [0.25, 0.3) is 0 Å². The Labute approximate surface area is 114 Å². The van der Waals surface area contributed by atoms with E-state index in [1.807, 2.05) is 56.3 Å². The molecule has 2 aromatic rings. The van der Waals surface area contributed by atoms with Gasteiger partial charge in [-0.3, -0.25) is 0 Å². The summed E-state index contributed by atoms with van der Waals surface area (Å²) in [4.78, 5) is 0. The van der Waals surface area contributed by atoms with Gasteiger partial charge in [0.2, 0.25) is 0 Å². The highest BCUT2D eigenvalue weighted by Crippen LogP contribution is 2.15. The number of hydrogen-bond donors (Lipinski definition) is 2. The van der Waals surface area contributed by atoms with E-state index < -0.39 is 6.10 Å². The molecule has 0 amide bonds. The van der Waals surface area contributed by atoms with Crippen LogP contribution in [0.25, 0.3) is 0 Å². The fourth-order valence-corrected chi connectivity index (χ4v) is 2.16. The molecule has 2 N–H and O–H groups in total. The number of benzene rings is 1. The first kappa shape index (κ1) is 13.8. The van der Waals surface area contributed by atoms with Crippen LogP contribution in [-0.2, 0) is 6.42 Å². The first-order chi connectivity index (χ1) is 9.16. The molecule has 0 aliphatic rings. The van der Waals surface area contributed by atoms with Gasteiger partial charge in [-0.15, -0.1) is 0 Å². The molecule has 0 fully saturated rings. The van der Waals surface area contributed by atoms with Gasteiger partial charge in [-0.25, -0.2) is 0 Å². The Morgan fingerprint density at radius 2 is 1.84 bits per heavy atom. The van der Waals surface area contributed by atoms with Crippen molar-refractivity contribution in [1.82, 2.24) is 5.32 Å². The summed E-state index contributed by atoms with van der Waals surface area (Å²) in [5.74, 6) is 0.888. The molecule has 3 heteroatoms. The number of hydrogen-bond acceptors (Lipinski definition) is 3. The topological polar surface area (TPSA) is 45.4 Å². The van der Waals surface area contributed by atoms with E-state index in [2.05, 4.69) is 5.32 Å². The number of rotatable bonds is 6. The van der Waals surface area contributed by atoms with Gasteiger partial charge in [0, 0.05) is 6.04 Å². The Balaban J connectivity index is 1.87. The van der Waals surface area contributed by atoms with Crippen molar-refractivity contribution in [1.29, 1.82) is 0 Å². The fourth-order valence-electron chi connectivity index (χ4n) is 2.16. The largest absolute Gasteiger partial charge is 0.468 e. The Kier molecular flexibility index (Phi) is 4.77. The van der Waals surface area contributed by atoms with E-state index in [1.165, 1.54) is 0 Å². The molecule has 0 aliphatic carbocycles. The maximum absolute atomic E-state index is 10.2. The van der Waals surface area contributed by atoms with Crippen LogP contribution < -0.4 is 5.32 Å². The lowest BCUT2D eigenvalue weighted by Crippen LogP contribution is -2.39. The monoisotopic (exact) mass is 259 g/mol. The Hall–Kier alpha value is -1.58. The van der Waals surface area contributed by atoms with Crippen molar-refractivity contribution < 1.29 is 9.52 Å². The predicted molar refractivity (Wildman–Crippen MR) is 75.9 cm³/mol. The molecule has 3 atom stereocenters. The summed E-state index contributed by atoms with van der Waals surface area (Å²) in [6.07, 6.45) is 1.90. The highest BCUT2D eigenvalue weighted by molar-refractivity contribution is 5.16. The summed E-state index contributed by atoms with van der Waals surface area (Å²) in [5.41, 5.74) is 1.15. The van der Waals surface area contributed by atoms with E-state index >= 15 is 0 Å². The summed E-state index contributed by atoms with van der Waals surface area (Å²) >= 11 is 0. The summed E-state index contributed by atoms with van der Waals surface area (Å²) in [6, 6.07) is 13.9. The summed E-state index contributed by atoms with van der Waals surface area (Å²) in [6.45, 7) is 4.03. The van der Waals surface area contributed by atoms with Gasteiger partial charge in [-0.1, -0.05) is 30.3 Å². The van der Waals surface area contributed by atoms with E-state index in [1.54, 1.807) is 6.26 Å². The zero-order valence-corrected chi connectivity index (χ0v) is 11.4. The number of aliphatic hydroxyl groups is 1. The molecule has 0 unspecified atom stereocenters. The van der Waals surface area contributed by atoms with Crippen LogP contribution in [0.5, 0.6) is 0 Å². The molecule has 3 nitrogen and oxygen atoms in total. The van der Waals surface area contributed by atoms with Gasteiger partial charge >= 0.3 is 0 Å². The molecule has 0 bridgehead atoms. The van der Waals surface area contributed by atoms with Crippen LogP contribution in [0.2, 0.25) is 0 Å². The van der Waals surface area contributed by atoms with Gasteiger partial charge in [0.05, 0.1) is 18.4 Å². The zero-order valence-electron chi connectivity index (χ0n) is 11.4. The molecule has 1 heterocycles. The number of aliphatic hydroxyl groups excluding tert-OH is 1. The lowest BCUT2D eigenvalue weighted by Gasteiger charge is -2.23. The van der Waals surface area contributed by atoms with Gasteiger partial charge in [-0.05, 0) is 38.0 Å². The zero-order chi connectivity index (χ0) is 13.7. The Bertz CT molecular complexity index is 467. The van der Waals surface area contributed by atoms with E-state index in [-0.39, 0.29) is 12.1 Å². The number of furan rings is 1. The van der Waals surface area contributed by atoms with Crippen LogP contribution in [-0.4, -0.2) is 17.3 Å². The van der Waals surface area contributed by atoms with Crippen molar-refractivity contribution in [3.63, 3.8) is 0 Å². The third kappa shape index (κ3) is 3.94. The van der Waals surface area contributed by atoms with Crippen LogP contribution in [0.1, 0.15) is 31.2 Å². The first-order valence-corrected chi connectivity index (χ1v) is 6.68. The fraction of sp³-hybridized carbons (Fsp3) is 0.375. The molecule has 0 spiro atoms. The average molecular weight is 259 g/mol. The second-order valence-corrected chi connectivity index (χ2v) is 4.95. The van der Waals surface area contributed by atoms with Crippen LogP contribution >= 0.6 is 0 Å².